The van der Waals surface area contributed by atoms with E-state index in [4.69, 9.17) is 22.5 Å². The Hall–Kier alpha value is -3.96. The molecular formula is C28H34N6O2. The number of hydrogen-bond acceptors (Lipinski definition) is 5. The normalized spacial score (nSPS) is 17.0. The maximum absolute atomic E-state index is 11.2. The van der Waals surface area contributed by atoms with Crippen LogP contribution in [0.2, 0.25) is 0 Å². The summed E-state index contributed by atoms with van der Waals surface area (Å²) in [5.74, 6) is -0.750. The van der Waals surface area contributed by atoms with Crippen LogP contribution in [0.3, 0.4) is 0 Å². The lowest BCUT2D eigenvalue weighted by Crippen LogP contribution is -2.33. The number of carbonyl (C=O) groups excluding carboxylic acids is 2. The van der Waals surface area contributed by atoms with Gasteiger partial charge in [0, 0.05) is 25.1 Å². The van der Waals surface area contributed by atoms with Crippen molar-refractivity contribution in [2.45, 2.75) is 38.6 Å². The third-order valence-corrected chi connectivity index (χ3v) is 6.42. The topological polar surface area (TPSA) is 152 Å². The van der Waals surface area contributed by atoms with Gasteiger partial charge in [-0.15, -0.1) is 0 Å². The van der Waals surface area contributed by atoms with Crippen molar-refractivity contribution >= 4 is 17.6 Å². The Morgan fingerprint density at radius 1 is 0.972 bits per heavy atom. The van der Waals surface area contributed by atoms with Crippen LogP contribution < -0.4 is 17.2 Å². The SMILES string of the molecule is N#CCC1CCN(Cc2ccc(-c3ccccc3)cc2)CC1.N/C=C(/C(N)=O)C(N)=NC(=O)C1CC1. The van der Waals surface area contributed by atoms with E-state index in [1.54, 1.807) is 0 Å². The fraction of sp³-hybridized carbons (Fsp3) is 0.357. The quantitative estimate of drug-likeness (QED) is 0.311. The highest BCUT2D eigenvalue weighted by atomic mass is 16.2. The number of amidine groups is 1. The molecule has 1 saturated carbocycles. The van der Waals surface area contributed by atoms with Gasteiger partial charge in [0.15, 0.2) is 0 Å². The molecular weight excluding hydrogens is 452 g/mol. The van der Waals surface area contributed by atoms with Gasteiger partial charge in [-0.3, -0.25) is 14.5 Å². The van der Waals surface area contributed by atoms with Gasteiger partial charge in [0.25, 0.3) is 11.8 Å². The zero-order valence-corrected chi connectivity index (χ0v) is 20.5. The van der Waals surface area contributed by atoms with Crippen LogP contribution in [0.15, 0.2) is 71.4 Å². The van der Waals surface area contributed by atoms with Crippen LogP contribution in [-0.4, -0.2) is 35.6 Å². The van der Waals surface area contributed by atoms with Crippen molar-refractivity contribution in [1.82, 2.24) is 4.90 Å². The summed E-state index contributed by atoms with van der Waals surface area (Å²) in [5, 5.41) is 8.78. The molecule has 188 valence electrons. The summed E-state index contributed by atoms with van der Waals surface area (Å²) < 4.78 is 0. The number of benzene rings is 2. The van der Waals surface area contributed by atoms with Crippen molar-refractivity contribution < 1.29 is 9.59 Å². The minimum absolute atomic E-state index is 0.0412. The molecule has 1 aliphatic carbocycles. The number of hydrogen-bond donors (Lipinski definition) is 3. The molecule has 4 rings (SSSR count). The van der Waals surface area contributed by atoms with E-state index in [1.165, 1.54) is 16.7 Å². The molecule has 2 amide bonds. The second-order valence-electron chi connectivity index (χ2n) is 9.20. The van der Waals surface area contributed by atoms with E-state index in [1.807, 2.05) is 6.07 Å². The molecule has 0 aromatic heterocycles. The predicted molar refractivity (Wildman–Crippen MR) is 141 cm³/mol. The Kier molecular flexibility index (Phi) is 9.78. The number of nitriles is 1. The number of likely N-dealkylation sites (tertiary alicyclic amines) is 1. The van der Waals surface area contributed by atoms with Gasteiger partial charge in [0.05, 0.1) is 11.6 Å². The molecule has 2 aromatic rings. The van der Waals surface area contributed by atoms with Gasteiger partial charge in [-0.05, 0) is 61.4 Å². The minimum atomic E-state index is -0.794. The van der Waals surface area contributed by atoms with Crippen LogP contribution in [0.1, 0.15) is 37.7 Å². The summed E-state index contributed by atoms with van der Waals surface area (Å²) in [6.45, 7) is 3.26. The standard InChI is InChI=1S/C20H22N2.C8H12N4O2/c21-13-10-17-11-14-22(15-12-17)16-18-6-8-20(9-7-18)19-4-2-1-3-5-19;9-3-5(7(11)13)6(10)12-8(14)4-1-2-4/h1-9,17H,10-12,14-16H2;3-4H,1-2,9H2,(H2,11,13)(H2,10,12,14)/b;5-3+. The highest BCUT2D eigenvalue weighted by molar-refractivity contribution is 6.21. The molecule has 0 atom stereocenters. The monoisotopic (exact) mass is 486 g/mol. The fourth-order valence-corrected chi connectivity index (χ4v) is 4.06. The summed E-state index contributed by atoms with van der Waals surface area (Å²) >= 11 is 0. The van der Waals surface area contributed by atoms with Crippen molar-refractivity contribution in [3.8, 4) is 17.2 Å². The van der Waals surface area contributed by atoms with Crippen LogP contribution in [0.25, 0.3) is 11.1 Å². The summed E-state index contributed by atoms with van der Waals surface area (Å²) in [7, 11) is 0. The van der Waals surface area contributed by atoms with E-state index in [9.17, 15) is 9.59 Å². The number of rotatable bonds is 7. The van der Waals surface area contributed by atoms with Crippen molar-refractivity contribution in [3.05, 3.63) is 71.9 Å². The average molecular weight is 487 g/mol. The number of aliphatic imine (C=N–C) groups is 1. The Labute approximate surface area is 212 Å². The lowest BCUT2D eigenvalue weighted by Gasteiger charge is -2.30. The smallest absolute Gasteiger partial charge is 0.253 e. The lowest BCUT2D eigenvalue weighted by atomic mass is 9.94. The van der Waals surface area contributed by atoms with Crippen LogP contribution in [-0.2, 0) is 16.1 Å². The van der Waals surface area contributed by atoms with Crippen molar-refractivity contribution in [2.75, 3.05) is 13.1 Å². The molecule has 0 unspecified atom stereocenters. The molecule has 8 heteroatoms. The van der Waals surface area contributed by atoms with Gasteiger partial charge in [0.2, 0.25) is 0 Å². The van der Waals surface area contributed by atoms with Crippen molar-refractivity contribution in [1.29, 1.82) is 5.26 Å². The first-order valence-electron chi connectivity index (χ1n) is 12.2. The minimum Gasteiger partial charge on any atom is -0.404 e. The first kappa shape index (κ1) is 26.6. The van der Waals surface area contributed by atoms with Gasteiger partial charge in [-0.1, -0.05) is 54.6 Å². The Bertz CT molecular complexity index is 1120. The molecule has 2 fully saturated rings. The van der Waals surface area contributed by atoms with Gasteiger partial charge in [-0.25, -0.2) is 0 Å². The third kappa shape index (κ3) is 8.07. The summed E-state index contributed by atoms with van der Waals surface area (Å²) in [4.78, 5) is 28.0. The largest absolute Gasteiger partial charge is 0.404 e. The zero-order chi connectivity index (χ0) is 25.9. The highest BCUT2D eigenvalue weighted by Crippen LogP contribution is 2.30. The van der Waals surface area contributed by atoms with Gasteiger partial charge in [-0.2, -0.15) is 10.3 Å². The van der Waals surface area contributed by atoms with Crippen LogP contribution in [0.4, 0.5) is 0 Å². The third-order valence-electron chi connectivity index (χ3n) is 6.42. The molecule has 0 bridgehead atoms. The number of piperidine rings is 1. The number of nitrogens with zero attached hydrogens (tertiary/aromatic N) is 3. The van der Waals surface area contributed by atoms with E-state index in [2.05, 4.69) is 64.5 Å². The van der Waals surface area contributed by atoms with E-state index in [0.29, 0.717) is 5.92 Å². The Balaban J connectivity index is 0.000000223. The molecule has 1 saturated heterocycles. The van der Waals surface area contributed by atoms with E-state index >= 15 is 0 Å². The maximum Gasteiger partial charge on any atom is 0.253 e. The molecule has 2 aromatic carbocycles. The molecule has 2 aliphatic rings. The van der Waals surface area contributed by atoms with E-state index < -0.39 is 5.91 Å². The number of carbonyl (C=O) groups is 2. The second kappa shape index (κ2) is 13.2. The average Bonchev–Trinajstić information content (AvgIpc) is 3.73. The molecule has 8 nitrogen and oxygen atoms in total. The van der Waals surface area contributed by atoms with Crippen LogP contribution in [0, 0.1) is 23.2 Å². The van der Waals surface area contributed by atoms with Crippen molar-refractivity contribution in [2.24, 2.45) is 34.0 Å². The predicted octanol–water partition coefficient (Wildman–Crippen LogP) is 3.09. The van der Waals surface area contributed by atoms with Crippen molar-refractivity contribution in [3.63, 3.8) is 0 Å². The summed E-state index contributed by atoms with van der Waals surface area (Å²) in [6, 6.07) is 21.7. The molecule has 0 spiro atoms. The van der Waals surface area contributed by atoms with Gasteiger partial charge in [0.1, 0.15) is 5.84 Å². The Morgan fingerprint density at radius 2 is 1.58 bits per heavy atom. The summed E-state index contributed by atoms with van der Waals surface area (Å²) in [6.07, 6.45) is 5.65. The molecule has 1 aliphatic heterocycles. The van der Waals surface area contributed by atoms with Gasteiger partial charge < -0.3 is 17.2 Å². The number of amides is 2. The van der Waals surface area contributed by atoms with Gasteiger partial charge >= 0.3 is 0 Å². The van der Waals surface area contributed by atoms with Crippen LogP contribution in [0.5, 0.6) is 0 Å². The first-order chi connectivity index (χ1) is 17.4. The number of nitrogens with two attached hydrogens (primary N) is 3. The fourth-order valence-electron chi connectivity index (χ4n) is 4.06. The molecule has 0 radical (unpaired) electrons. The van der Waals surface area contributed by atoms with E-state index in [-0.39, 0.29) is 23.2 Å². The van der Waals surface area contributed by atoms with E-state index in [0.717, 1.165) is 57.9 Å². The first-order valence-corrected chi connectivity index (χ1v) is 12.2. The van der Waals surface area contributed by atoms with Crippen LogP contribution >= 0.6 is 0 Å². The highest BCUT2D eigenvalue weighted by Gasteiger charge is 2.30. The lowest BCUT2D eigenvalue weighted by molar-refractivity contribution is -0.118. The maximum atomic E-state index is 11.2. The molecule has 36 heavy (non-hydrogen) atoms. The zero-order valence-electron chi connectivity index (χ0n) is 20.5. The number of primary amides is 1. The second-order valence-corrected chi connectivity index (χ2v) is 9.20. The molecule has 6 N–H and O–H groups in total. The Morgan fingerprint density at radius 3 is 2.11 bits per heavy atom. The summed E-state index contributed by atoms with van der Waals surface area (Å²) in [5.41, 5.74) is 19.2. The molecule has 1 heterocycles.